The van der Waals surface area contributed by atoms with Crippen LogP contribution in [0.5, 0.6) is 0 Å². The lowest BCUT2D eigenvalue weighted by molar-refractivity contribution is -0.210. The minimum Gasteiger partial charge on any atom is -0.456 e. The van der Waals surface area contributed by atoms with Gasteiger partial charge in [-0.25, -0.2) is 4.79 Å². The van der Waals surface area contributed by atoms with Crippen LogP contribution in [0.3, 0.4) is 0 Å². The first-order chi connectivity index (χ1) is 23.4. The van der Waals surface area contributed by atoms with Crippen LogP contribution in [0.15, 0.2) is 48.3 Å². The molecule has 0 radical (unpaired) electrons. The lowest BCUT2D eigenvalue weighted by Gasteiger charge is -2.59. The van der Waals surface area contributed by atoms with Gasteiger partial charge in [-0.3, -0.25) is 19.4 Å². The smallest absolute Gasteiger partial charge is 0.329 e. The van der Waals surface area contributed by atoms with E-state index in [9.17, 15) is 24.3 Å². The van der Waals surface area contributed by atoms with E-state index in [4.69, 9.17) is 14.2 Å². The molecule has 4 saturated carbocycles. The molecule has 2 heterocycles. The average molecular weight is 675 g/mol. The fourth-order valence-corrected chi connectivity index (χ4v) is 10.8. The number of ketones is 2. The zero-order valence-corrected chi connectivity index (χ0v) is 29.1. The fraction of sp³-hybridized carbons (Fsp3) is 0.667. The van der Waals surface area contributed by atoms with Crippen molar-refractivity contribution in [2.24, 2.45) is 40.4 Å². The summed E-state index contributed by atoms with van der Waals surface area (Å²) in [5, 5.41) is 14.8. The molecule has 7 rings (SSSR count). The third-order valence-electron chi connectivity index (χ3n) is 13.2. The summed E-state index contributed by atoms with van der Waals surface area (Å²) in [6.45, 7) is 7.29. The van der Waals surface area contributed by atoms with Crippen LogP contribution in [0.1, 0.15) is 95.8 Å². The van der Waals surface area contributed by atoms with Crippen molar-refractivity contribution in [3.63, 3.8) is 0 Å². The van der Waals surface area contributed by atoms with Gasteiger partial charge in [0.05, 0.1) is 17.8 Å². The van der Waals surface area contributed by atoms with E-state index in [1.165, 1.54) is 12.6 Å². The summed E-state index contributed by atoms with van der Waals surface area (Å²) in [6, 6.07) is 2.28. The number of nitrogens with one attached hydrogen (secondary N) is 1. The molecule has 0 unspecified atom stereocenters. The van der Waals surface area contributed by atoms with Crippen LogP contribution in [0.4, 0.5) is 0 Å². The third-order valence-corrected chi connectivity index (χ3v) is 13.2. The van der Waals surface area contributed by atoms with Gasteiger partial charge in [0.25, 0.3) is 5.91 Å². The Morgan fingerprint density at radius 1 is 1.14 bits per heavy atom. The molecule has 10 atom stereocenters. The number of aliphatic hydroxyl groups is 1. The Morgan fingerprint density at radius 3 is 2.63 bits per heavy atom. The Labute approximate surface area is 288 Å². The number of amides is 1. The number of nitrogens with zero attached hydrogens (tertiary/aromatic N) is 1. The molecular weight excluding hydrogens is 624 g/mol. The fourth-order valence-electron chi connectivity index (χ4n) is 10.8. The second kappa shape index (κ2) is 12.8. The van der Waals surface area contributed by atoms with E-state index in [-0.39, 0.29) is 41.2 Å². The number of aliphatic hydroxyl groups excluding tert-OH is 1. The molecule has 6 aliphatic rings. The van der Waals surface area contributed by atoms with Crippen molar-refractivity contribution in [3.05, 3.63) is 53.9 Å². The van der Waals surface area contributed by atoms with Gasteiger partial charge in [0, 0.05) is 35.1 Å². The molecule has 1 aromatic heterocycles. The standard InChI is InChI=1S/C39H50N2O8/c1-22(2)33(41-34(45)24-11-8-16-40-20-24)35(46)47-21-30(44)39-31(48-36(49-39)23-9-6-5-7-10-23)18-28-27-13-12-25-17-26(42)14-15-37(25,3)32(27)29(43)19-38(28,39)4/h8,11,14-17,20,22-23,27-29,31-33,36,43H,5-7,9-10,12-13,18-19,21H2,1-4H3,(H,41,45)/t27-,28-,29-,31+,32+,33+,36+,37-,38-,39+/m0/s1. The molecule has 10 nitrogen and oxygen atoms in total. The zero-order valence-electron chi connectivity index (χ0n) is 29.1. The number of Topliss-reactive ketones (excluding diaryl/α,β-unsaturated/α-hetero) is 1. The third kappa shape index (κ3) is 5.53. The first kappa shape index (κ1) is 34.2. The van der Waals surface area contributed by atoms with Crippen LogP contribution in [0.2, 0.25) is 0 Å². The van der Waals surface area contributed by atoms with Gasteiger partial charge in [0.15, 0.2) is 24.3 Å². The van der Waals surface area contributed by atoms with Crippen molar-refractivity contribution < 1.29 is 38.5 Å². The minimum absolute atomic E-state index is 0.0116. The highest BCUT2D eigenvalue weighted by atomic mass is 16.7. The first-order valence-corrected chi connectivity index (χ1v) is 18.3. The number of hydrogen-bond donors (Lipinski definition) is 2. The van der Waals surface area contributed by atoms with Gasteiger partial charge < -0.3 is 24.6 Å². The Bertz CT molecular complexity index is 1550. The first-order valence-electron chi connectivity index (χ1n) is 18.3. The van der Waals surface area contributed by atoms with E-state index in [1.54, 1.807) is 44.3 Å². The quantitative estimate of drug-likeness (QED) is 0.369. The summed E-state index contributed by atoms with van der Waals surface area (Å²) in [5.74, 6) is -1.65. The Balaban J connectivity index is 1.16. The highest BCUT2D eigenvalue weighted by Gasteiger charge is 2.76. The Kier molecular flexibility index (Phi) is 8.97. The summed E-state index contributed by atoms with van der Waals surface area (Å²) in [4.78, 5) is 57.5. The van der Waals surface area contributed by atoms with Crippen LogP contribution >= 0.6 is 0 Å². The van der Waals surface area contributed by atoms with E-state index < -0.39 is 59.5 Å². The van der Waals surface area contributed by atoms with Gasteiger partial charge in [-0.1, -0.05) is 58.6 Å². The molecule has 1 amide bonds. The zero-order chi connectivity index (χ0) is 34.7. The molecule has 2 N–H and O–H groups in total. The molecule has 5 aliphatic carbocycles. The summed E-state index contributed by atoms with van der Waals surface area (Å²) in [5.41, 5.74) is -1.23. The molecular formula is C39H50N2O8. The molecule has 1 aliphatic heterocycles. The molecule has 0 spiro atoms. The largest absolute Gasteiger partial charge is 0.456 e. The number of allylic oxidation sites excluding steroid dienone is 4. The maximum Gasteiger partial charge on any atom is 0.329 e. The second-order valence-electron chi connectivity index (χ2n) is 16.2. The van der Waals surface area contributed by atoms with Crippen molar-refractivity contribution in [1.29, 1.82) is 0 Å². The summed E-state index contributed by atoms with van der Waals surface area (Å²) < 4.78 is 19.5. The number of carbonyl (C=O) groups is 4. The molecule has 10 heteroatoms. The maximum absolute atomic E-state index is 14.8. The Morgan fingerprint density at radius 2 is 1.92 bits per heavy atom. The lowest BCUT2D eigenvalue weighted by Crippen LogP contribution is -2.64. The minimum atomic E-state index is -1.40. The lowest BCUT2D eigenvalue weighted by atomic mass is 9.46. The topological polar surface area (TPSA) is 141 Å². The van der Waals surface area contributed by atoms with Gasteiger partial charge in [0.2, 0.25) is 5.78 Å². The SMILES string of the molecule is CC(C)[C@@H](NC(=O)c1cccnc1)C(=O)OCC(=O)[C@@]12O[C@H](C3CCCCC3)O[C@@H]1C[C@H]1[C@@H]3CCC4=CC(=O)C=C[C@]4(C)[C@H]3[C@@H](O)C[C@@]12C. The van der Waals surface area contributed by atoms with E-state index in [0.717, 1.165) is 44.1 Å². The maximum atomic E-state index is 14.8. The number of aromatic nitrogens is 1. The van der Waals surface area contributed by atoms with Crippen LogP contribution in [0, 0.1) is 40.4 Å². The van der Waals surface area contributed by atoms with Gasteiger partial charge in [0.1, 0.15) is 6.04 Å². The van der Waals surface area contributed by atoms with E-state index in [0.29, 0.717) is 18.4 Å². The van der Waals surface area contributed by atoms with Gasteiger partial charge >= 0.3 is 5.97 Å². The number of carbonyl (C=O) groups excluding carboxylic acids is 4. The van der Waals surface area contributed by atoms with Crippen molar-refractivity contribution >= 4 is 23.4 Å². The Hall–Kier alpha value is -3.21. The summed E-state index contributed by atoms with van der Waals surface area (Å²) in [7, 11) is 0. The molecule has 1 aromatic rings. The van der Waals surface area contributed by atoms with Gasteiger partial charge in [-0.05, 0) is 80.6 Å². The monoisotopic (exact) mass is 674 g/mol. The molecule has 0 bridgehead atoms. The van der Waals surface area contributed by atoms with Crippen molar-refractivity contribution in [2.75, 3.05) is 6.61 Å². The second-order valence-corrected chi connectivity index (χ2v) is 16.2. The van der Waals surface area contributed by atoms with Crippen molar-refractivity contribution in [2.45, 2.75) is 116 Å². The summed E-state index contributed by atoms with van der Waals surface area (Å²) in [6.07, 6.45) is 14.3. The number of fused-ring (bicyclic) bond motifs is 7. The molecule has 5 fully saturated rings. The number of esters is 1. The molecule has 0 aromatic carbocycles. The van der Waals surface area contributed by atoms with Crippen molar-refractivity contribution in [3.8, 4) is 0 Å². The van der Waals surface area contributed by atoms with Crippen LogP contribution in [0.25, 0.3) is 0 Å². The van der Waals surface area contributed by atoms with Gasteiger partial charge in [-0.15, -0.1) is 0 Å². The van der Waals surface area contributed by atoms with Crippen LogP contribution in [-0.4, -0.2) is 70.3 Å². The number of pyridine rings is 1. The predicted octanol–water partition coefficient (Wildman–Crippen LogP) is 4.90. The molecule has 264 valence electrons. The normalized spacial score (nSPS) is 38.9. The van der Waals surface area contributed by atoms with E-state index in [1.807, 2.05) is 6.08 Å². The van der Waals surface area contributed by atoms with E-state index >= 15 is 0 Å². The highest BCUT2D eigenvalue weighted by Crippen LogP contribution is 2.70. The van der Waals surface area contributed by atoms with Gasteiger partial charge in [-0.2, -0.15) is 0 Å². The number of rotatable bonds is 8. The highest BCUT2D eigenvalue weighted by molar-refractivity contribution is 6.01. The molecule has 1 saturated heterocycles. The van der Waals surface area contributed by atoms with E-state index in [2.05, 4.69) is 24.1 Å². The molecule has 49 heavy (non-hydrogen) atoms. The summed E-state index contributed by atoms with van der Waals surface area (Å²) >= 11 is 0. The van der Waals surface area contributed by atoms with Crippen LogP contribution < -0.4 is 5.32 Å². The van der Waals surface area contributed by atoms with Crippen molar-refractivity contribution in [1.82, 2.24) is 10.3 Å². The predicted molar refractivity (Wildman–Crippen MR) is 179 cm³/mol. The average Bonchev–Trinajstić information content (AvgIpc) is 3.59. The number of hydrogen-bond acceptors (Lipinski definition) is 9. The van der Waals surface area contributed by atoms with Crippen LogP contribution in [-0.2, 0) is 28.6 Å². The number of ether oxygens (including phenoxy) is 3.